The van der Waals surface area contributed by atoms with Crippen LogP contribution in [0.25, 0.3) is 0 Å². The van der Waals surface area contributed by atoms with Gasteiger partial charge in [-0.05, 0) is 0 Å². The van der Waals surface area contributed by atoms with Gasteiger partial charge < -0.3 is 11.5 Å². The fourth-order valence-corrected chi connectivity index (χ4v) is 0.721. The highest BCUT2D eigenvalue weighted by atomic mass is 15.3. The Morgan fingerprint density at radius 1 is 1.78 bits per heavy atom. The summed E-state index contributed by atoms with van der Waals surface area (Å²) >= 11 is 0. The summed E-state index contributed by atoms with van der Waals surface area (Å²) in [6.07, 6.45) is 0. The van der Waals surface area contributed by atoms with E-state index >= 15 is 0 Å². The van der Waals surface area contributed by atoms with Crippen LogP contribution in [0.5, 0.6) is 0 Å². The summed E-state index contributed by atoms with van der Waals surface area (Å²) in [4.78, 5) is 0. The molecule has 0 saturated carbocycles. The maximum Gasteiger partial charge on any atom is 0.145 e. The number of nitrogens with zero attached hydrogens (tertiary/aromatic N) is 2. The van der Waals surface area contributed by atoms with E-state index in [0.29, 0.717) is 12.4 Å². The van der Waals surface area contributed by atoms with Crippen LogP contribution in [0.1, 0.15) is 5.69 Å². The van der Waals surface area contributed by atoms with Crippen LogP contribution in [0.15, 0.2) is 6.07 Å². The SMILES string of the molecule is Cn1nc(N)cc1CN. The minimum atomic E-state index is 0.487. The first kappa shape index (κ1) is 6.10. The first-order valence-electron chi connectivity index (χ1n) is 2.72. The third-order valence-electron chi connectivity index (χ3n) is 1.20. The summed E-state index contributed by atoms with van der Waals surface area (Å²) < 4.78 is 1.68. The van der Waals surface area contributed by atoms with Crippen molar-refractivity contribution < 1.29 is 0 Å². The molecule has 50 valence electrons. The lowest BCUT2D eigenvalue weighted by molar-refractivity contribution is 0.715. The lowest BCUT2D eigenvalue weighted by atomic mass is 10.4. The maximum atomic E-state index is 5.37. The first-order chi connectivity index (χ1) is 4.24. The average Bonchev–Trinajstić information content (AvgIpc) is 2.10. The molecule has 0 atom stereocenters. The van der Waals surface area contributed by atoms with E-state index in [4.69, 9.17) is 11.5 Å². The van der Waals surface area contributed by atoms with Crippen molar-refractivity contribution in [2.75, 3.05) is 5.73 Å². The van der Waals surface area contributed by atoms with Gasteiger partial charge in [-0.15, -0.1) is 0 Å². The number of hydrogen-bond acceptors (Lipinski definition) is 3. The van der Waals surface area contributed by atoms with E-state index in [1.54, 1.807) is 10.7 Å². The minimum Gasteiger partial charge on any atom is -0.382 e. The molecule has 4 N–H and O–H groups in total. The fraction of sp³-hybridized carbons (Fsp3) is 0.400. The normalized spacial score (nSPS) is 10.0. The number of rotatable bonds is 1. The van der Waals surface area contributed by atoms with Crippen LogP contribution in [-0.2, 0) is 13.6 Å². The van der Waals surface area contributed by atoms with E-state index in [9.17, 15) is 0 Å². The molecule has 0 aliphatic rings. The fourth-order valence-electron chi connectivity index (χ4n) is 0.721. The number of nitrogen functional groups attached to an aromatic ring is 1. The number of hydrogen-bond donors (Lipinski definition) is 2. The molecule has 0 unspecified atom stereocenters. The molecule has 0 amide bonds. The van der Waals surface area contributed by atoms with Crippen molar-refractivity contribution in [2.24, 2.45) is 12.8 Å². The van der Waals surface area contributed by atoms with Gasteiger partial charge in [-0.2, -0.15) is 5.10 Å². The predicted octanol–water partition coefficient (Wildman–Crippen LogP) is -0.539. The molecule has 4 heteroatoms. The maximum absolute atomic E-state index is 5.37. The number of nitrogens with two attached hydrogens (primary N) is 2. The molecular weight excluding hydrogens is 116 g/mol. The Balaban J connectivity index is 3.01. The van der Waals surface area contributed by atoms with Crippen molar-refractivity contribution in [3.8, 4) is 0 Å². The lowest BCUT2D eigenvalue weighted by Gasteiger charge is -1.92. The second-order valence-corrected chi connectivity index (χ2v) is 1.89. The van der Waals surface area contributed by atoms with Crippen LogP contribution in [0.4, 0.5) is 5.82 Å². The van der Waals surface area contributed by atoms with Gasteiger partial charge in [-0.25, -0.2) is 0 Å². The quantitative estimate of drug-likeness (QED) is 0.531. The highest BCUT2D eigenvalue weighted by molar-refractivity contribution is 5.29. The van der Waals surface area contributed by atoms with E-state index in [1.807, 2.05) is 7.05 Å². The van der Waals surface area contributed by atoms with Crippen molar-refractivity contribution in [1.29, 1.82) is 0 Å². The molecule has 0 radical (unpaired) electrons. The third-order valence-corrected chi connectivity index (χ3v) is 1.20. The first-order valence-corrected chi connectivity index (χ1v) is 2.72. The van der Waals surface area contributed by atoms with Crippen molar-refractivity contribution in [3.05, 3.63) is 11.8 Å². The van der Waals surface area contributed by atoms with E-state index < -0.39 is 0 Å². The monoisotopic (exact) mass is 126 g/mol. The Hall–Kier alpha value is -1.03. The molecule has 0 bridgehead atoms. The van der Waals surface area contributed by atoms with Gasteiger partial charge in [0, 0.05) is 19.7 Å². The Morgan fingerprint density at radius 3 is 2.67 bits per heavy atom. The summed E-state index contributed by atoms with van der Waals surface area (Å²) in [5, 5.41) is 3.90. The van der Waals surface area contributed by atoms with Crippen LogP contribution < -0.4 is 11.5 Å². The number of aryl methyl sites for hydroxylation is 1. The zero-order valence-corrected chi connectivity index (χ0v) is 5.33. The van der Waals surface area contributed by atoms with Crippen molar-refractivity contribution >= 4 is 5.82 Å². The van der Waals surface area contributed by atoms with Crippen molar-refractivity contribution in [2.45, 2.75) is 6.54 Å². The van der Waals surface area contributed by atoms with E-state index in [1.165, 1.54) is 0 Å². The average molecular weight is 126 g/mol. The van der Waals surface area contributed by atoms with Gasteiger partial charge in [0.15, 0.2) is 0 Å². The summed E-state index contributed by atoms with van der Waals surface area (Å²) in [6.45, 7) is 0.487. The molecule has 0 aliphatic heterocycles. The molecule has 0 aliphatic carbocycles. The van der Waals surface area contributed by atoms with E-state index in [0.717, 1.165) is 5.69 Å². The molecule has 0 spiro atoms. The summed E-state index contributed by atoms with van der Waals surface area (Å²) in [5.41, 5.74) is 11.7. The van der Waals surface area contributed by atoms with Gasteiger partial charge in [0.05, 0.1) is 5.69 Å². The van der Waals surface area contributed by atoms with Crippen molar-refractivity contribution in [3.63, 3.8) is 0 Å². The van der Waals surface area contributed by atoms with Gasteiger partial charge in [0.25, 0.3) is 0 Å². The van der Waals surface area contributed by atoms with Gasteiger partial charge >= 0.3 is 0 Å². The Kier molecular flexibility index (Phi) is 1.40. The largest absolute Gasteiger partial charge is 0.382 e. The molecule has 0 aromatic carbocycles. The van der Waals surface area contributed by atoms with Gasteiger partial charge in [-0.1, -0.05) is 0 Å². The van der Waals surface area contributed by atoms with Crippen LogP contribution in [0.3, 0.4) is 0 Å². The zero-order valence-electron chi connectivity index (χ0n) is 5.33. The molecule has 1 heterocycles. The van der Waals surface area contributed by atoms with Gasteiger partial charge in [0.1, 0.15) is 5.82 Å². The molecule has 0 fully saturated rings. The topological polar surface area (TPSA) is 69.9 Å². The number of aromatic nitrogens is 2. The summed E-state index contributed by atoms with van der Waals surface area (Å²) in [5.74, 6) is 0.526. The highest BCUT2D eigenvalue weighted by Gasteiger charge is 1.97. The Labute approximate surface area is 53.4 Å². The summed E-state index contributed by atoms with van der Waals surface area (Å²) in [7, 11) is 1.82. The zero-order chi connectivity index (χ0) is 6.85. The van der Waals surface area contributed by atoms with Crippen LogP contribution >= 0.6 is 0 Å². The molecule has 1 aromatic rings. The Bertz CT molecular complexity index is 203. The van der Waals surface area contributed by atoms with E-state index in [2.05, 4.69) is 5.10 Å². The van der Waals surface area contributed by atoms with Crippen LogP contribution in [0.2, 0.25) is 0 Å². The molecule has 1 rings (SSSR count). The smallest absolute Gasteiger partial charge is 0.145 e. The standard InChI is InChI=1S/C5H10N4/c1-9-4(3-6)2-5(7)8-9/h2H,3,6H2,1H3,(H2,7,8). The Morgan fingerprint density at radius 2 is 2.44 bits per heavy atom. The molecule has 4 nitrogen and oxygen atoms in total. The van der Waals surface area contributed by atoms with E-state index in [-0.39, 0.29) is 0 Å². The summed E-state index contributed by atoms with van der Waals surface area (Å²) in [6, 6.07) is 1.76. The molecule has 1 aromatic heterocycles. The number of anilines is 1. The lowest BCUT2D eigenvalue weighted by Crippen LogP contribution is -2.03. The predicted molar refractivity (Wildman–Crippen MR) is 35.5 cm³/mol. The van der Waals surface area contributed by atoms with Gasteiger partial charge in [-0.3, -0.25) is 4.68 Å². The third kappa shape index (κ3) is 1.02. The molecular formula is C5H10N4. The highest BCUT2D eigenvalue weighted by Crippen LogP contribution is 2.01. The van der Waals surface area contributed by atoms with Crippen LogP contribution in [0, 0.1) is 0 Å². The molecule has 9 heavy (non-hydrogen) atoms. The minimum absolute atomic E-state index is 0.487. The van der Waals surface area contributed by atoms with Gasteiger partial charge in [0.2, 0.25) is 0 Å². The van der Waals surface area contributed by atoms with Crippen LogP contribution in [-0.4, -0.2) is 9.78 Å². The van der Waals surface area contributed by atoms with Crippen molar-refractivity contribution in [1.82, 2.24) is 9.78 Å². The molecule has 0 saturated heterocycles. The second kappa shape index (κ2) is 2.06. The second-order valence-electron chi connectivity index (χ2n) is 1.89.